The predicted octanol–water partition coefficient (Wildman–Crippen LogP) is -0.144. The summed E-state index contributed by atoms with van der Waals surface area (Å²) in [6, 6.07) is 0. The lowest BCUT2D eigenvalue weighted by Gasteiger charge is -1.75. The van der Waals surface area contributed by atoms with Crippen molar-refractivity contribution in [3.05, 3.63) is 0 Å². The molecule has 0 saturated carbocycles. The van der Waals surface area contributed by atoms with Crippen LogP contribution in [0.15, 0.2) is 4.99 Å². The van der Waals surface area contributed by atoms with E-state index in [1.54, 1.807) is 0 Å². The molecule has 1 unspecified atom stereocenters. The third-order valence-electron chi connectivity index (χ3n) is 0.382. The van der Waals surface area contributed by atoms with Gasteiger partial charge in [0.1, 0.15) is 6.21 Å². The molecule has 0 aromatic carbocycles. The zero-order chi connectivity index (χ0) is 6.41. The largest absolute Gasteiger partial charge is 0.477 e. The lowest BCUT2D eigenvalue weighted by molar-refractivity contribution is -0.128. The molecule has 0 amide bonds. The minimum atomic E-state index is -1.10. The van der Waals surface area contributed by atoms with Crippen molar-refractivity contribution in [2.24, 2.45) is 4.99 Å². The van der Waals surface area contributed by atoms with Gasteiger partial charge in [-0.25, -0.2) is 4.79 Å². The van der Waals surface area contributed by atoms with Gasteiger partial charge in [0.2, 0.25) is 0 Å². The van der Waals surface area contributed by atoms with E-state index in [2.05, 4.69) is 4.99 Å². The molecule has 0 rings (SSSR count). The number of carbonyl (C=O) groups is 1. The molecule has 8 heavy (non-hydrogen) atoms. The molecule has 0 aliphatic heterocycles. The Morgan fingerprint density at radius 1 is 1.88 bits per heavy atom. The first kappa shape index (κ1) is 7.37. The predicted molar refractivity (Wildman–Crippen MR) is 31.4 cm³/mol. The molecule has 46 valence electrons. The monoisotopic (exact) mass is 135 g/mol. The minimum Gasteiger partial charge on any atom is -0.477 e. The number of hydrogen-bond donors (Lipinski definition) is 1. The van der Waals surface area contributed by atoms with Crippen molar-refractivity contribution in [1.29, 1.82) is 0 Å². The quantitative estimate of drug-likeness (QED) is 0.432. The third-order valence-corrected chi connectivity index (χ3v) is 0.742. The van der Waals surface area contributed by atoms with Crippen molar-refractivity contribution in [3.63, 3.8) is 0 Å². The summed E-state index contributed by atoms with van der Waals surface area (Å²) in [5.41, 5.74) is 0. The van der Waals surface area contributed by atoms with E-state index in [0.717, 1.165) is 6.21 Å². The highest BCUT2D eigenvalue weighted by Crippen LogP contribution is 1.87. The number of nitrogens with zero attached hydrogens (tertiary/aromatic N) is 1. The van der Waals surface area contributed by atoms with E-state index in [-0.39, 0.29) is 6.29 Å². The lowest BCUT2D eigenvalue weighted by Crippen LogP contribution is -1.94. The van der Waals surface area contributed by atoms with Crippen LogP contribution in [0.2, 0.25) is 0 Å². The van der Waals surface area contributed by atoms with Gasteiger partial charge < -0.3 is 9.67 Å². The SMILES string of the molecule is O=[PH2]CN=CC(=O)O. The topological polar surface area (TPSA) is 66.7 Å². The smallest absolute Gasteiger partial charge is 0.346 e. The van der Waals surface area contributed by atoms with Crippen molar-refractivity contribution in [1.82, 2.24) is 0 Å². The third kappa shape index (κ3) is 5.37. The number of aliphatic imine (C=N–C) groups is 1. The fraction of sp³-hybridized carbons (Fsp3) is 0.333. The zero-order valence-electron chi connectivity index (χ0n) is 4.07. The molecule has 1 N–H and O–H groups in total. The molecule has 0 fully saturated rings. The summed E-state index contributed by atoms with van der Waals surface area (Å²) in [4.78, 5) is 12.9. The van der Waals surface area contributed by atoms with Crippen LogP contribution < -0.4 is 0 Å². The summed E-state index contributed by atoms with van der Waals surface area (Å²) < 4.78 is 9.69. The second-order valence-corrected chi connectivity index (χ2v) is 1.70. The molecule has 0 aromatic heterocycles. The van der Waals surface area contributed by atoms with Crippen molar-refractivity contribution >= 4 is 20.6 Å². The Kier molecular flexibility index (Phi) is 4.17. The summed E-state index contributed by atoms with van der Waals surface area (Å²) in [5, 5.41) is 7.90. The number of rotatable bonds is 3. The lowest BCUT2D eigenvalue weighted by atomic mass is 10.8. The Morgan fingerprint density at radius 3 is 2.88 bits per heavy atom. The first-order valence-corrected chi connectivity index (χ1v) is 3.22. The molecule has 0 heterocycles. The molecular formula is C3H6NO3P. The standard InChI is InChI=1S/C3H6NO3P/c5-3(6)1-4-2-8-7/h1H,2,8H2,(H,5,6). The van der Waals surface area contributed by atoms with Gasteiger partial charge >= 0.3 is 5.97 Å². The van der Waals surface area contributed by atoms with Crippen LogP contribution in [0, 0.1) is 0 Å². The fourth-order valence-electron chi connectivity index (χ4n) is 0.174. The van der Waals surface area contributed by atoms with E-state index < -0.39 is 14.4 Å². The number of hydrogen-bond acceptors (Lipinski definition) is 3. The van der Waals surface area contributed by atoms with Crippen LogP contribution in [0.5, 0.6) is 0 Å². The second-order valence-electron chi connectivity index (χ2n) is 0.999. The van der Waals surface area contributed by atoms with E-state index in [1.807, 2.05) is 0 Å². The summed E-state index contributed by atoms with van der Waals surface area (Å²) >= 11 is 0. The van der Waals surface area contributed by atoms with Crippen LogP contribution in [0.4, 0.5) is 0 Å². The van der Waals surface area contributed by atoms with Crippen LogP contribution in [0.3, 0.4) is 0 Å². The van der Waals surface area contributed by atoms with E-state index in [4.69, 9.17) is 5.11 Å². The first-order valence-electron chi connectivity index (χ1n) is 1.93. The maximum absolute atomic E-state index is 9.69. The second kappa shape index (κ2) is 4.53. The maximum atomic E-state index is 9.69. The summed E-state index contributed by atoms with van der Waals surface area (Å²) in [6.45, 7) is 0. The molecule has 0 saturated heterocycles. The summed E-state index contributed by atoms with van der Waals surface area (Å²) in [5.74, 6) is -1.10. The molecule has 4 nitrogen and oxygen atoms in total. The minimum absolute atomic E-state index is 0.131. The van der Waals surface area contributed by atoms with Gasteiger partial charge in [-0.2, -0.15) is 0 Å². The highest BCUT2D eigenvalue weighted by atomic mass is 31.1. The molecule has 0 aromatic rings. The van der Waals surface area contributed by atoms with Crippen LogP contribution in [-0.2, 0) is 9.36 Å². The summed E-state index contributed by atoms with van der Waals surface area (Å²) in [6.07, 6.45) is 0.872. The van der Waals surface area contributed by atoms with Crippen molar-refractivity contribution in [2.75, 3.05) is 6.29 Å². The molecule has 0 bridgehead atoms. The molecule has 0 aliphatic rings. The van der Waals surface area contributed by atoms with Gasteiger partial charge in [-0.05, 0) is 0 Å². The zero-order valence-corrected chi connectivity index (χ0v) is 5.23. The molecule has 0 spiro atoms. The van der Waals surface area contributed by atoms with Gasteiger partial charge in [0, 0.05) is 0 Å². The van der Waals surface area contributed by atoms with Gasteiger partial charge in [-0.15, -0.1) is 0 Å². The van der Waals surface area contributed by atoms with E-state index >= 15 is 0 Å². The molecule has 5 heteroatoms. The van der Waals surface area contributed by atoms with Gasteiger partial charge in [-0.1, -0.05) is 0 Å². The van der Waals surface area contributed by atoms with Crippen LogP contribution >= 0.6 is 8.46 Å². The molecule has 0 radical (unpaired) electrons. The highest BCUT2D eigenvalue weighted by molar-refractivity contribution is 7.23. The Hall–Kier alpha value is -0.630. The van der Waals surface area contributed by atoms with Gasteiger partial charge in [0.15, 0.2) is 0 Å². The van der Waals surface area contributed by atoms with Crippen molar-refractivity contribution in [3.8, 4) is 0 Å². The van der Waals surface area contributed by atoms with Crippen LogP contribution in [0.25, 0.3) is 0 Å². The summed E-state index contributed by atoms with van der Waals surface area (Å²) in [7, 11) is -0.947. The van der Waals surface area contributed by atoms with Gasteiger partial charge in [0.05, 0.1) is 14.7 Å². The Morgan fingerprint density at radius 2 is 2.50 bits per heavy atom. The number of carboxylic acid groups (broad SMARTS) is 1. The number of carboxylic acids is 1. The van der Waals surface area contributed by atoms with Crippen LogP contribution in [0.1, 0.15) is 0 Å². The molecule has 0 aliphatic carbocycles. The Balaban J connectivity index is 3.34. The van der Waals surface area contributed by atoms with Gasteiger partial charge in [0.25, 0.3) is 0 Å². The molecule has 1 atom stereocenters. The van der Waals surface area contributed by atoms with Crippen molar-refractivity contribution in [2.45, 2.75) is 0 Å². The number of aliphatic carboxylic acids is 1. The Labute approximate surface area is 47.4 Å². The van der Waals surface area contributed by atoms with Gasteiger partial charge in [-0.3, -0.25) is 4.99 Å². The fourth-order valence-corrected chi connectivity index (χ4v) is 0.365. The average Bonchev–Trinajstić information content (AvgIpc) is 1.66. The van der Waals surface area contributed by atoms with E-state index in [1.165, 1.54) is 0 Å². The van der Waals surface area contributed by atoms with E-state index in [0.29, 0.717) is 0 Å². The average molecular weight is 135 g/mol. The highest BCUT2D eigenvalue weighted by Gasteiger charge is 1.82. The van der Waals surface area contributed by atoms with E-state index in [9.17, 15) is 9.36 Å². The van der Waals surface area contributed by atoms with Crippen LogP contribution in [-0.4, -0.2) is 23.6 Å². The molecular weight excluding hydrogens is 129 g/mol. The Bertz CT molecular complexity index is 122. The normalized spacial score (nSPS) is 11.5. The first-order chi connectivity index (χ1) is 3.77. The maximum Gasteiger partial charge on any atom is 0.346 e. The van der Waals surface area contributed by atoms with Crippen molar-refractivity contribution < 1.29 is 14.5 Å².